The van der Waals surface area contributed by atoms with Gasteiger partial charge in [0.2, 0.25) is 0 Å². The van der Waals surface area contributed by atoms with Gasteiger partial charge in [0.25, 0.3) is 0 Å². The molecular weight excluding hydrogens is 317 g/mol. The van der Waals surface area contributed by atoms with Gasteiger partial charge in [-0.1, -0.05) is 0 Å². The first-order valence-electron chi connectivity index (χ1n) is 4.27. The zero-order chi connectivity index (χ0) is 14.0. The van der Waals surface area contributed by atoms with Crippen molar-refractivity contribution < 1.29 is 36.7 Å². The van der Waals surface area contributed by atoms with E-state index in [0.717, 1.165) is 18.2 Å². The van der Waals surface area contributed by atoms with Crippen LogP contribution in [0.3, 0.4) is 0 Å². The van der Waals surface area contributed by atoms with Crippen molar-refractivity contribution in [3.63, 3.8) is 0 Å². The third-order valence-corrected chi connectivity index (χ3v) is 3.89. The van der Waals surface area contributed by atoms with Gasteiger partial charge in [0.05, 0.1) is 0 Å². The molecule has 0 spiro atoms. The first-order chi connectivity index (χ1) is 7.48. The van der Waals surface area contributed by atoms with Crippen LogP contribution in [0.2, 0.25) is 0 Å². The molecule has 0 aliphatic rings. The molecule has 0 aliphatic carbocycles. The Bertz CT molecular complexity index is 680. The van der Waals surface area contributed by atoms with Crippen molar-refractivity contribution in [1.82, 2.24) is 0 Å². The Balaban J connectivity index is 3.16. The molecule has 0 saturated heterocycles. The molecule has 0 heterocycles. The minimum atomic E-state index is -13.8. The molecule has 0 fully saturated rings. The summed E-state index contributed by atoms with van der Waals surface area (Å²) >= 11 is -13.8. The number of fused-ring (bicyclic) bond motifs is 1. The number of hydrogen-bond donors (Lipinski definition) is 0. The van der Waals surface area contributed by atoms with Crippen molar-refractivity contribution in [3.8, 4) is 0 Å². The van der Waals surface area contributed by atoms with Gasteiger partial charge in [-0.2, -0.15) is 0 Å². The van der Waals surface area contributed by atoms with Gasteiger partial charge in [-0.3, -0.25) is 0 Å². The van der Waals surface area contributed by atoms with Crippen LogP contribution in [0.15, 0.2) is 42.5 Å². The van der Waals surface area contributed by atoms with Crippen molar-refractivity contribution in [2.75, 3.05) is 0 Å². The van der Waals surface area contributed by atoms with E-state index in [1.807, 2.05) is 0 Å². The average molecular weight is 324 g/mol. The van der Waals surface area contributed by atoms with Crippen molar-refractivity contribution in [1.29, 1.82) is 0 Å². The minimum absolute atomic E-state index is 0.314. The Labute approximate surface area is 94.9 Å². The molecule has 0 N–H and O–H groups in total. The average Bonchev–Trinajstić information content (AvgIpc) is 2.12. The van der Waals surface area contributed by atoms with E-state index in [2.05, 4.69) is 0 Å². The molecule has 0 nitrogen and oxygen atoms in total. The molecule has 2 aromatic carbocycles. The van der Waals surface area contributed by atoms with Gasteiger partial charge in [0.1, 0.15) is 0 Å². The fraction of sp³-hybridized carbons (Fsp3) is 0. The Hall–Kier alpha value is -1.27. The maximum absolute atomic E-state index is 13.8. The van der Waals surface area contributed by atoms with Gasteiger partial charge in [-0.05, 0) is 0 Å². The van der Waals surface area contributed by atoms with Crippen molar-refractivity contribution >= 4 is 15.2 Å². The molecule has 2 rings (SSSR count). The quantitative estimate of drug-likeness (QED) is 0.514. The Morgan fingerprint density at radius 2 is 1.11 bits per heavy atom. The zero-order valence-electron chi connectivity index (χ0n) is 8.49. The summed E-state index contributed by atoms with van der Waals surface area (Å²) in [5.74, 6) is 0. The molecule has 0 atom stereocenters. The fourth-order valence-electron chi connectivity index (χ4n) is 1.51. The number of benzene rings is 2. The summed E-state index contributed by atoms with van der Waals surface area (Å²) in [4.78, 5) is 0. The summed E-state index contributed by atoms with van der Waals surface area (Å²) in [6.45, 7) is 0. The first-order valence-corrected chi connectivity index (χ1v) is 7.23. The molecule has 8 heteroatoms. The van der Waals surface area contributed by atoms with Gasteiger partial charge >= 0.3 is 94.4 Å². The van der Waals surface area contributed by atoms with Crippen LogP contribution in [0, 0.1) is 0 Å². The van der Waals surface area contributed by atoms with Crippen LogP contribution in [-0.2, 0) is 11.8 Å². The predicted molar refractivity (Wildman–Crippen MR) is 51.3 cm³/mol. The predicted octanol–water partition coefficient (Wildman–Crippen LogP) is 4.95. The van der Waals surface area contributed by atoms with E-state index in [1.165, 1.54) is 6.07 Å². The Morgan fingerprint density at radius 3 is 1.67 bits per heavy atom. The topological polar surface area (TPSA) is 0 Å². The van der Waals surface area contributed by atoms with Gasteiger partial charge in [-0.15, -0.1) is 0 Å². The van der Waals surface area contributed by atoms with Crippen molar-refractivity contribution in [2.24, 2.45) is 0 Å². The van der Waals surface area contributed by atoms with Crippen LogP contribution in [0.1, 0.15) is 0 Å². The van der Waals surface area contributed by atoms with Crippen LogP contribution in [0.25, 0.3) is 10.8 Å². The van der Waals surface area contributed by atoms with E-state index in [1.54, 1.807) is 0 Å². The third-order valence-electron chi connectivity index (χ3n) is 2.13. The van der Waals surface area contributed by atoms with E-state index in [0.29, 0.717) is 12.1 Å². The summed E-state index contributed by atoms with van der Waals surface area (Å²) in [6.07, 6.45) is 0. The van der Waals surface area contributed by atoms with E-state index in [-0.39, 0.29) is 11.5 Å². The number of halogens is 7. The second kappa shape index (κ2) is 1.87. The van der Waals surface area contributed by atoms with Crippen LogP contribution < -0.4 is 4.46 Å². The van der Waals surface area contributed by atoms with E-state index in [4.69, 9.17) is 0 Å². The molecular formula is C10H7CuF7. The van der Waals surface area contributed by atoms with E-state index >= 15 is 0 Å². The maximum atomic E-state index is 12.7. The van der Waals surface area contributed by atoms with Gasteiger partial charge < -0.3 is 0 Å². The summed E-state index contributed by atoms with van der Waals surface area (Å²) < 4.78 is 85.8. The van der Waals surface area contributed by atoms with Gasteiger partial charge in [0.15, 0.2) is 0 Å². The Morgan fingerprint density at radius 1 is 0.611 bits per heavy atom. The van der Waals surface area contributed by atoms with Crippen molar-refractivity contribution in [3.05, 3.63) is 42.5 Å². The summed E-state index contributed by atoms with van der Waals surface area (Å²) in [7, 11) is 0. The Kier molecular flexibility index (Phi) is 1.37. The summed E-state index contributed by atoms with van der Waals surface area (Å²) in [5, 5.41) is -1.60. The molecule has 0 saturated carbocycles. The summed E-state index contributed by atoms with van der Waals surface area (Å²) in [6, 6.07) is 5.07. The van der Waals surface area contributed by atoms with Gasteiger partial charge in [-0.25, -0.2) is 0 Å². The normalized spacial score (nSPS) is 21.5. The monoisotopic (exact) mass is 323 g/mol. The molecule has 2 aromatic rings. The second-order valence-electron chi connectivity index (χ2n) is 3.72. The van der Waals surface area contributed by atoms with Crippen LogP contribution in [-0.4, -0.2) is 0 Å². The molecule has 0 bridgehead atoms. The second-order valence-corrected chi connectivity index (χ2v) is 8.30. The molecule has 0 aromatic heterocycles. The molecule has 18 heavy (non-hydrogen) atoms. The first kappa shape index (κ1) is 13.2. The van der Waals surface area contributed by atoms with E-state index in [9.17, 15) is 24.9 Å². The van der Waals surface area contributed by atoms with E-state index < -0.39 is 21.6 Å². The third kappa shape index (κ3) is 2.44. The molecule has 107 valence electrons. The number of rotatable bonds is 1. The molecule has 0 aliphatic heterocycles. The van der Waals surface area contributed by atoms with Crippen LogP contribution in [0.4, 0.5) is 24.9 Å². The molecule has 0 unspecified atom stereocenters. The standard InChI is InChI=1S/C10H7.Cu.7FH/c1-2-6-10-8-4-3-7-9(10)5-1;;;;;;;;/h1-7H;;7*1H/q;+7;;;;;;;/p-7. The number of hydrogen-bond acceptors (Lipinski definition) is 0. The SMILES string of the molecule is [F][Cu]([F])([F])([F])([F])([F])([F])[c]1cccc2ccccc12. The van der Waals surface area contributed by atoms with Crippen molar-refractivity contribution in [2.45, 2.75) is 0 Å². The van der Waals surface area contributed by atoms with Gasteiger partial charge in [0, 0.05) is 0 Å². The molecule has 0 radical (unpaired) electrons. The zero-order valence-corrected chi connectivity index (χ0v) is 9.43. The fourth-order valence-corrected chi connectivity index (χ4v) is 2.90. The van der Waals surface area contributed by atoms with Crippen LogP contribution in [0.5, 0.6) is 0 Å². The van der Waals surface area contributed by atoms with Crippen LogP contribution >= 0.6 is 0 Å². The summed E-state index contributed by atoms with van der Waals surface area (Å²) in [5.41, 5.74) is 0. The molecule has 0 amide bonds.